The molecule has 0 aliphatic rings. The van der Waals surface area contributed by atoms with E-state index in [0.29, 0.717) is 17.0 Å². The van der Waals surface area contributed by atoms with Crippen molar-refractivity contribution in [2.24, 2.45) is 0 Å². The first-order valence-corrected chi connectivity index (χ1v) is 12.4. The fraction of sp³-hybridized carbons (Fsp3) is 0.240. The maximum atomic E-state index is 13.2. The number of hydrogen-bond acceptors (Lipinski definition) is 8. The van der Waals surface area contributed by atoms with Crippen LogP contribution in [-0.4, -0.2) is 45.7 Å². The summed E-state index contributed by atoms with van der Waals surface area (Å²) in [6.07, 6.45) is 0. The Balaban J connectivity index is 2.01. The molecule has 0 spiro atoms. The first-order chi connectivity index (χ1) is 17.7. The van der Waals surface area contributed by atoms with E-state index in [0.717, 1.165) is 11.3 Å². The number of methoxy groups -OCH3 is 3. The lowest BCUT2D eigenvalue weighted by molar-refractivity contribution is 0.0527. The molecule has 0 bridgehead atoms. The van der Waals surface area contributed by atoms with Gasteiger partial charge in [0.05, 0.1) is 54.1 Å². The number of nitrogens with one attached hydrogen (secondary N) is 2. The molecule has 0 fully saturated rings. The first-order valence-electron chi connectivity index (χ1n) is 10.8. The van der Waals surface area contributed by atoms with Gasteiger partial charge in [-0.25, -0.2) is 4.79 Å². The fourth-order valence-electron chi connectivity index (χ4n) is 3.43. The average Bonchev–Trinajstić information content (AvgIpc) is 3.21. The summed E-state index contributed by atoms with van der Waals surface area (Å²) in [7, 11) is 4.30. The first kappa shape index (κ1) is 28.1. The minimum absolute atomic E-state index is 0.0648. The van der Waals surface area contributed by atoms with Crippen LogP contribution in [0.1, 0.15) is 42.9 Å². The Morgan fingerprint density at radius 3 is 2.16 bits per heavy atom. The van der Waals surface area contributed by atoms with Crippen LogP contribution in [0.4, 0.5) is 10.7 Å². The molecule has 0 aliphatic heterocycles. The van der Waals surface area contributed by atoms with E-state index >= 15 is 0 Å². The van der Waals surface area contributed by atoms with Crippen molar-refractivity contribution in [2.45, 2.75) is 13.8 Å². The van der Waals surface area contributed by atoms with Gasteiger partial charge in [0.15, 0.2) is 11.5 Å². The fourth-order valence-corrected chi connectivity index (χ4v) is 4.87. The molecule has 0 radical (unpaired) electrons. The summed E-state index contributed by atoms with van der Waals surface area (Å²) in [5, 5.41) is 5.98. The average molecular weight is 567 g/mol. The van der Waals surface area contributed by atoms with Gasteiger partial charge < -0.3 is 29.6 Å². The largest absolute Gasteiger partial charge is 0.493 e. The molecule has 3 aromatic rings. The molecule has 2 amide bonds. The van der Waals surface area contributed by atoms with Gasteiger partial charge in [-0.05, 0) is 43.7 Å². The number of thiophene rings is 1. The highest BCUT2D eigenvalue weighted by Crippen LogP contribution is 2.40. The lowest BCUT2D eigenvalue weighted by Gasteiger charge is -2.14. The topological polar surface area (TPSA) is 112 Å². The summed E-state index contributed by atoms with van der Waals surface area (Å²) >= 11 is 13.2. The number of ether oxygens (including phenoxy) is 4. The monoisotopic (exact) mass is 566 g/mol. The number of halogens is 2. The standard InChI is InChI=1S/C25H24Cl2N2O7S/c1-6-36-25(32)18-12(2)21(23(31)28-15-9-7-8-14(26)19(15)27)37-24(18)29-22(30)13-10-16(33-3)20(35-5)17(11-13)34-4/h7-11H,6H2,1-5H3,(H,28,31)(H,29,30). The molecule has 2 N–H and O–H groups in total. The molecule has 0 aliphatic carbocycles. The molecule has 37 heavy (non-hydrogen) atoms. The van der Waals surface area contributed by atoms with Crippen molar-refractivity contribution in [2.75, 3.05) is 38.6 Å². The second-order valence-corrected chi connectivity index (χ2v) is 9.21. The number of hydrogen-bond donors (Lipinski definition) is 2. The van der Waals surface area contributed by atoms with Gasteiger partial charge in [-0.2, -0.15) is 0 Å². The highest BCUT2D eigenvalue weighted by molar-refractivity contribution is 7.19. The van der Waals surface area contributed by atoms with Gasteiger partial charge in [0.2, 0.25) is 5.75 Å². The third-order valence-electron chi connectivity index (χ3n) is 5.19. The van der Waals surface area contributed by atoms with Gasteiger partial charge >= 0.3 is 5.97 Å². The summed E-state index contributed by atoms with van der Waals surface area (Å²) in [6.45, 7) is 3.35. The molecule has 1 aromatic heterocycles. The van der Waals surface area contributed by atoms with Crippen molar-refractivity contribution in [1.29, 1.82) is 0 Å². The molecule has 0 saturated carbocycles. The van der Waals surface area contributed by atoms with E-state index in [-0.39, 0.29) is 49.2 Å². The molecular weight excluding hydrogens is 543 g/mol. The van der Waals surface area contributed by atoms with E-state index in [1.165, 1.54) is 33.5 Å². The Labute approximate surface area is 227 Å². The lowest BCUT2D eigenvalue weighted by atomic mass is 10.1. The van der Waals surface area contributed by atoms with Crippen LogP contribution in [0, 0.1) is 6.92 Å². The summed E-state index contributed by atoms with van der Waals surface area (Å²) in [5.74, 6) is -0.922. The van der Waals surface area contributed by atoms with E-state index in [1.807, 2.05) is 0 Å². The van der Waals surface area contributed by atoms with Crippen LogP contribution in [0.2, 0.25) is 10.0 Å². The van der Waals surface area contributed by atoms with E-state index in [9.17, 15) is 14.4 Å². The van der Waals surface area contributed by atoms with E-state index in [2.05, 4.69) is 10.6 Å². The Bertz CT molecular complexity index is 1330. The number of carbonyl (C=O) groups is 3. The summed E-state index contributed by atoms with van der Waals surface area (Å²) < 4.78 is 21.1. The van der Waals surface area contributed by atoms with Gasteiger partial charge in [-0.3, -0.25) is 9.59 Å². The molecule has 9 nitrogen and oxygen atoms in total. The quantitative estimate of drug-likeness (QED) is 0.302. The molecule has 0 atom stereocenters. The molecule has 12 heteroatoms. The molecule has 0 saturated heterocycles. The maximum absolute atomic E-state index is 13.2. The minimum atomic E-state index is -0.684. The van der Waals surface area contributed by atoms with Crippen LogP contribution < -0.4 is 24.8 Å². The number of carbonyl (C=O) groups excluding carboxylic acids is 3. The lowest BCUT2D eigenvalue weighted by Crippen LogP contribution is -2.15. The number of amides is 2. The van der Waals surface area contributed by atoms with Crippen LogP contribution in [0.25, 0.3) is 0 Å². The van der Waals surface area contributed by atoms with Crippen molar-refractivity contribution in [3.05, 3.63) is 61.9 Å². The Morgan fingerprint density at radius 1 is 0.946 bits per heavy atom. The van der Waals surface area contributed by atoms with Crippen molar-refractivity contribution >= 4 is 63.0 Å². The number of rotatable bonds is 9. The highest BCUT2D eigenvalue weighted by atomic mass is 35.5. The summed E-state index contributed by atoms with van der Waals surface area (Å²) in [5.41, 5.74) is 0.869. The zero-order valence-corrected chi connectivity index (χ0v) is 22.9. The van der Waals surface area contributed by atoms with Crippen molar-refractivity contribution in [1.82, 2.24) is 0 Å². The van der Waals surface area contributed by atoms with Gasteiger partial charge in [0.25, 0.3) is 11.8 Å². The Hall–Kier alpha value is -3.47. The van der Waals surface area contributed by atoms with E-state index in [1.54, 1.807) is 32.0 Å². The predicted octanol–water partition coefficient (Wildman–Crippen LogP) is 6.07. The highest BCUT2D eigenvalue weighted by Gasteiger charge is 2.28. The van der Waals surface area contributed by atoms with Gasteiger partial charge in [-0.1, -0.05) is 29.3 Å². The summed E-state index contributed by atoms with van der Waals surface area (Å²) in [6, 6.07) is 7.75. The molecular formula is C25H24Cl2N2O7S. The molecule has 0 unspecified atom stereocenters. The van der Waals surface area contributed by atoms with Gasteiger partial charge in [0.1, 0.15) is 5.00 Å². The van der Waals surface area contributed by atoms with Crippen LogP contribution in [0.5, 0.6) is 17.2 Å². The van der Waals surface area contributed by atoms with Crippen LogP contribution >= 0.6 is 34.5 Å². The van der Waals surface area contributed by atoms with Crippen molar-refractivity contribution < 1.29 is 33.3 Å². The Kier molecular flexibility index (Phi) is 9.25. The number of esters is 1. The number of benzene rings is 2. The number of anilines is 2. The van der Waals surface area contributed by atoms with E-state index < -0.39 is 17.8 Å². The summed E-state index contributed by atoms with van der Waals surface area (Å²) in [4.78, 5) is 39.3. The third kappa shape index (κ3) is 5.93. The molecule has 1 heterocycles. The van der Waals surface area contributed by atoms with Crippen LogP contribution in [-0.2, 0) is 4.74 Å². The zero-order chi connectivity index (χ0) is 27.3. The van der Waals surface area contributed by atoms with Crippen LogP contribution in [0.3, 0.4) is 0 Å². The second-order valence-electron chi connectivity index (χ2n) is 7.40. The van der Waals surface area contributed by atoms with E-state index in [4.69, 9.17) is 42.1 Å². The van der Waals surface area contributed by atoms with Crippen molar-refractivity contribution in [3.8, 4) is 17.2 Å². The second kappa shape index (κ2) is 12.2. The Morgan fingerprint density at radius 2 is 1.59 bits per heavy atom. The predicted molar refractivity (Wildman–Crippen MR) is 143 cm³/mol. The zero-order valence-electron chi connectivity index (χ0n) is 20.6. The third-order valence-corrected chi connectivity index (χ3v) is 7.21. The van der Waals surface area contributed by atoms with Crippen molar-refractivity contribution in [3.63, 3.8) is 0 Å². The maximum Gasteiger partial charge on any atom is 0.341 e. The molecule has 2 aromatic carbocycles. The molecule has 3 rings (SSSR count). The molecule has 196 valence electrons. The SMILES string of the molecule is CCOC(=O)c1c(NC(=O)c2cc(OC)c(OC)c(OC)c2)sc(C(=O)Nc2cccc(Cl)c2Cl)c1C. The normalized spacial score (nSPS) is 10.5. The van der Waals surface area contributed by atoms with Gasteiger partial charge in [0, 0.05) is 5.56 Å². The van der Waals surface area contributed by atoms with Crippen LogP contribution in [0.15, 0.2) is 30.3 Å². The minimum Gasteiger partial charge on any atom is -0.493 e. The van der Waals surface area contributed by atoms with Gasteiger partial charge in [-0.15, -0.1) is 11.3 Å². The smallest absolute Gasteiger partial charge is 0.341 e.